The fraction of sp³-hybridized carbons (Fsp3) is 0.188. The van der Waals surface area contributed by atoms with E-state index >= 15 is 0 Å². The molecule has 0 aliphatic carbocycles. The molecular weight excluding hydrogens is 291 g/mol. The molecule has 2 N–H and O–H groups in total. The van der Waals surface area contributed by atoms with Gasteiger partial charge in [-0.2, -0.15) is 13.2 Å². The zero-order valence-corrected chi connectivity index (χ0v) is 11.9. The quantitative estimate of drug-likeness (QED) is 0.727. The van der Waals surface area contributed by atoms with E-state index in [1.807, 2.05) is 31.2 Å². The van der Waals surface area contributed by atoms with Crippen molar-refractivity contribution in [1.29, 1.82) is 0 Å². The maximum Gasteiger partial charge on any atom is 0.416 e. The van der Waals surface area contributed by atoms with Gasteiger partial charge in [0.2, 0.25) is 0 Å². The Balaban J connectivity index is 2.03. The predicted molar refractivity (Wildman–Crippen MR) is 79.4 cm³/mol. The van der Waals surface area contributed by atoms with E-state index in [4.69, 9.17) is 5.73 Å². The largest absolute Gasteiger partial charge is 0.416 e. The van der Waals surface area contributed by atoms with Crippen LogP contribution in [0.5, 0.6) is 0 Å². The lowest BCUT2D eigenvalue weighted by atomic mass is 10.1. The van der Waals surface area contributed by atoms with E-state index in [2.05, 4.69) is 4.98 Å². The van der Waals surface area contributed by atoms with Crippen molar-refractivity contribution >= 4 is 16.7 Å². The minimum Gasteiger partial charge on any atom is -0.397 e. The molecule has 0 saturated heterocycles. The van der Waals surface area contributed by atoms with E-state index in [0.29, 0.717) is 12.1 Å². The Bertz CT molecular complexity index is 817. The molecule has 1 aromatic heterocycles. The van der Waals surface area contributed by atoms with Crippen LogP contribution >= 0.6 is 0 Å². The number of nitrogen functional groups attached to an aromatic ring is 1. The number of anilines is 1. The monoisotopic (exact) mass is 305 g/mol. The fourth-order valence-electron chi connectivity index (χ4n) is 2.42. The standard InChI is InChI=1S/C16H14F3N3/c1-10-2-4-11(5-3-10)8-22-9-21-14-7-12(16(17,18)19)6-13(20)15(14)22/h2-7,9H,8,20H2,1H3. The highest BCUT2D eigenvalue weighted by atomic mass is 19.4. The molecule has 0 unspecified atom stereocenters. The molecule has 0 amide bonds. The molecule has 2 aromatic carbocycles. The zero-order chi connectivity index (χ0) is 15.9. The molecule has 22 heavy (non-hydrogen) atoms. The molecule has 0 radical (unpaired) electrons. The molecule has 0 saturated carbocycles. The van der Waals surface area contributed by atoms with Crippen LogP contribution < -0.4 is 5.73 Å². The van der Waals surface area contributed by atoms with Crippen molar-refractivity contribution in [3.8, 4) is 0 Å². The minimum absolute atomic E-state index is 0.0782. The Morgan fingerprint density at radius 3 is 2.45 bits per heavy atom. The first kappa shape index (κ1) is 14.4. The number of halogens is 3. The summed E-state index contributed by atoms with van der Waals surface area (Å²) in [7, 11) is 0. The molecule has 3 rings (SSSR count). The molecule has 0 spiro atoms. The van der Waals surface area contributed by atoms with Crippen LogP contribution in [0.2, 0.25) is 0 Å². The summed E-state index contributed by atoms with van der Waals surface area (Å²) in [5.74, 6) is 0. The summed E-state index contributed by atoms with van der Waals surface area (Å²) in [4.78, 5) is 4.05. The van der Waals surface area contributed by atoms with Crippen LogP contribution in [0.4, 0.5) is 18.9 Å². The van der Waals surface area contributed by atoms with Gasteiger partial charge in [-0.1, -0.05) is 29.8 Å². The van der Waals surface area contributed by atoms with Crippen molar-refractivity contribution in [3.63, 3.8) is 0 Å². The molecule has 0 atom stereocenters. The summed E-state index contributed by atoms with van der Waals surface area (Å²) in [6, 6.07) is 9.90. The number of benzene rings is 2. The molecule has 3 aromatic rings. The van der Waals surface area contributed by atoms with E-state index < -0.39 is 11.7 Å². The van der Waals surface area contributed by atoms with Crippen molar-refractivity contribution in [1.82, 2.24) is 9.55 Å². The Morgan fingerprint density at radius 1 is 1.14 bits per heavy atom. The van der Waals surface area contributed by atoms with Gasteiger partial charge in [0.1, 0.15) is 0 Å². The van der Waals surface area contributed by atoms with Crippen molar-refractivity contribution in [2.24, 2.45) is 0 Å². The average Bonchev–Trinajstić information content (AvgIpc) is 2.84. The van der Waals surface area contributed by atoms with E-state index in [0.717, 1.165) is 23.3 Å². The Labute approximate surface area is 125 Å². The second kappa shape index (κ2) is 5.05. The summed E-state index contributed by atoms with van der Waals surface area (Å²) in [6.45, 7) is 2.50. The summed E-state index contributed by atoms with van der Waals surface area (Å²) < 4.78 is 40.2. The highest BCUT2D eigenvalue weighted by Crippen LogP contribution is 2.34. The topological polar surface area (TPSA) is 43.8 Å². The lowest BCUT2D eigenvalue weighted by molar-refractivity contribution is -0.137. The lowest BCUT2D eigenvalue weighted by Crippen LogP contribution is -2.07. The van der Waals surface area contributed by atoms with Gasteiger partial charge in [-0.25, -0.2) is 4.98 Å². The van der Waals surface area contributed by atoms with E-state index in [9.17, 15) is 13.2 Å². The molecule has 1 heterocycles. The zero-order valence-electron chi connectivity index (χ0n) is 11.9. The van der Waals surface area contributed by atoms with Gasteiger partial charge < -0.3 is 10.3 Å². The molecule has 0 fully saturated rings. The predicted octanol–water partition coefficient (Wildman–Crippen LogP) is 3.99. The number of imidazole rings is 1. The molecule has 0 bridgehead atoms. The number of fused-ring (bicyclic) bond motifs is 1. The van der Waals surface area contributed by atoms with Crippen LogP contribution in [0.3, 0.4) is 0 Å². The van der Waals surface area contributed by atoms with Crippen molar-refractivity contribution in [2.45, 2.75) is 19.6 Å². The van der Waals surface area contributed by atoms with E-state index in [1.54, 1.807) is 4.57 Å². The van der Waals surface area contributed by atoms with E-state index in [-0.39, 0.29) is 11.2 Å². The van der Waals surface area contributed by atoms with Gasteiger partial charge >= 0.3 is 6.18 Å². The normalized spacial score (nSPS) is 12.0. The first-order valence-electron chi connectivity index (χ1n) is 6.72. The van der Waals surface area contributed by atoms with Gasteiger partial charge in [0, 0.05) is 6.54 Å². The van der Waals surface area contributed by atoms with Crippen molar-refractivity contribution in [3.05, 3.63) is 59.4 Å². The number of hydrogen-bond donors (Lipinski definition) is 1. The maximum atomic E-state index is 12.8. The van der Waals surface area contributed by atoms with Crippen LogP contribution in [-0.4, -0.2) is 9.55 Å². The number of nitrogens with zero attached hydrogens (tertiary/aromatic N) is 2. The van der Waals surface area contributed by atoms with Crippen molar-refractivity contribution < 1.29 is 13.2 Å². The highest BCUT2D eigenvalue weighted by Gasteiger charge is 2.31. The Morgan fingerprint density at radius 2 is 1.82 bits per heavy atom. The first-order valence-corrected chi connectivity index (χ1v) is 6.72. The van der Waals surface area contributed by atoms with Gasteiger partial charge in [0.05, 0.1) is 28.6 Å². The van der Waals surface area contributed by atoms with Crippen LogP contribution in [0, 0.1) is 6.92 Å². The molecule has 6 heteroatoms. The van der Waals surface area contributed by atoms with Crippen LogP contribution in [0.25, 0.3) is 11.0 Å². The molecular formula is C16H14F3N3. The highest BCUT2D eigenvalue weighted by molar-refractivity contribution is 5.88. The second-order valence-corrected chi connectivity index (χ2v) is 5.29. The van der Waals surface area contributed by atoms with Crippen LogP contribution in [0.1, 0.15) is 16.7 Å². The molecule has 0 aliphatic rings. The summed E-state index contributed by atoms with van der Waals surface area (Å²) >= 11 is 0. The summed E-state index contributed by atoms with van der Waals surface area (Å²) in [5.41, 5.74) is 8.06. The van der Waals surface area contributed by atoms with Gasteiger partial charge in [-0.15, -0.1) is 0 Å². The SMILES string of the molecule is Cc1ccc(Cn2cnc3cc(C(F)(F)F)cc(N)c32)cc1. The number of alkyl halides is 3. The minimum atomic E-state index is -4.43. The first-order chi connectivity index (χ1) is 10.3. The smallest absolute Gasteiger partial charge is 0.397 e. The van der Waals surface area contributed by atoms with Crippen LogP contribution in [0.15, 0.2) is 42.7 Å². The molecule has 114 valence electrons. The third-order valence-corrected chi connectivity index (χ3v) is 3.54. The fourth-order valence-corrected chi connectivity index (χ4v) is 2.42. The van der Waals surface area contributed by atoms with Crippen LogP contribution in [-0.2, 0) is 12.7 Å². The average molecular weight is 305 g/mol. The third kappa shape index (κ3) is 2.64. The lowest BCUT2D eigenvalue weighted by Gasteiger charge is -2.10. The van der Waals surface area contributed by atoms with Crippen molar-refractivity contribution in [2.75, 3.05) is 5.73 Å². The number of aryl methyl sites for hydroxylation is 1. The summed E-state index contributed by atoms with van der Waals surface area (Å²) in [6.07, 6.45) is -2.91. The number of aromatic nitrogens is 2. The Kier molecular flexibility index (Phi) is 3.31. The number of nitrogens with two attached hydrogens (primary N) is 1. The molecule has 3 nitrogen and oxygen atoms in total. The van der Waals surface area contributed by atoms with Gasteiger partial charge in [-0.05, 0) is 24.6 Å². The third-order valence-electron chi connectivity index (χ3n) is 3.54. The number of hydrogen-bond acceptors (Lipinski definition) is 2. The maximum absolute atomic E-state index is 12.8. The van der Waals surface area contributed by atoms with E-state index in [1.165, 1.54) is 6.33 Å². The summed E-state index contributed by atoms with van der Waals surface area (Å²) in [5, 5.41) is 0. The van der Waals surface area contributed by atoms with Gasteiger partial charge in [0.15, 0.2) is 0 Å². The number of rotatable bonds is 2. The van der Waals surface area contributed by atoms with Gasteiger partial charge in [-0.3, -0.25) is 0 Å². The Hall–Kier alpha value is -2.50. The molecule has 0 aliphatic heterocycles. The van der Waals surface area contributed by atoms with Gasteiger partial charge in [0.25, 0.3) is 0 Å². The second-order valence-electron chi connectivity index (χ2n) is 5.29.